The van der Waals surface area contributed by atoms with Crippen molar-refractivity contribution in [2.75, 3.05) is 18.5 Å². The van der Waals surface area contributed by atoms with Crippen LogP contribution < -0.4 is 10.1 Å². The van der Waals surface area contributed by atoms with Gasteiger partial charge in [0.15, 0.2) is 0 Å². The molecule has 2 aromatic rings. The fraction of sp³-hybridized carbons (Fsp3) is 0.278. The molecule has 1 heterocycles. The molecule has 0 aromatic heterocycles. The largest absolute Gasteiger partial charge is 0.491 e. The Morgan fingerprint density at radius 1 is 1.26 bits per heavy atom. The molecule has 1 aliphatic heterocycles. The van der Waals surface area contributed by atoms with Crippen LogP contribution in [0.25, 0.3) is 0 Å². The topological polar surface area (TPSA) is 47.6 Å². The van der Waals surface area contributed by atoms with Crippen LogP contribution in [0.1, 0.15) is 23.2 Å². The number of amides is 1. The summed E-state index contributed by atoms with van der Waals surface area (Å²) in [4.78, 5) is 12.3. The number of nitrogens with one attached hydrogen (secondary N) is 1. The monoisotopic (exact) mass is 375 g/mol. The summed E-state index contributed by atoms with van der Waals surface area (Å²) >= 11 is 3.39. The Kier molecular flexibility index (Phi) is 5.31. The van der Waals surface area contributed by atoms with Crippen LogP contribution in [0.15, 0.2) is 53.0 Å². The van der Waals surface area contributed by atoms with Crippen LogP contribution in [0.5, 0.6) is 5.75 Å². The molecule has 1 fully saturated rings. The number of anilines is 1. The van der Waals surface area contributed by atoms with Crippen LogP contribution in [-0.4, -0.2) is 25.2 Å². The van der Waals surface area contributed by atoms with Gasteiger partial charge in [-0.2, -0.15) is 0 Å². The zero-order valence-electron chi connectivity index (χ0n) is 12.6. The van der Waals surface area contributed by atoms with E-state index >= 15 is 0 Å². The van der Waals surface area contributed by atoms with Gasteiger partial charge in [0, 0.05) is 22.3 Å². The zero-order valence-corrected chi connectivity index (χ0v) is 14.2. The molecular weight excluding hydrogens is 358 g/mol. The summed E-state index contributed by atoms with van der Waals surface area (Å²) in [5, 5.41) is 2.87. The quantitative estimate of drug-likeness (QED) is 0.848. The van der Waals surface area contributed by atoms with E-state index < -0.39 is 0 Å². The van der Waals surface area contributed by atoms with Gasteiger partial charge in [-0.15, -0.1) is 0 Å². The van der Waals surface area contributed by atoms with E-state index in [1.54, 1.807) is 12.1 Å². The van der Waals surface area contributed by atoms with Crippen molar-refractivity contribution in [2.45, 2.75) is 18.9 Å². The highest BCUT2D eigenvalue weighted by Gasteiger charge is 2.16. The minimum Gasteiger partial charge on any atom is -0.491 e. The van der Waals surface area contributed by atoms with Crippen molar-refractivity contribution < 1.29 is 14.3 Å². The lowest BCUT2D eigenvalue weighted by atomic mass is 10.2. The summed E-state index contributed by atoms with van der Waals surface area (Å²) in [7, 11) is 0. The van der Waals surface area contributed by atoms with Crippen LogP contribution in [0, 0.1) is 0 Å². The number of benzene rings is 2. The lowest BCUT2D eigenvalue weighted by Gasteiger charge is -2.12. The van der Waals surface area contributed by atoms with Gasteiger partial charge in [0.05, 0.1) is 6.10 Å². The van der Waals surface area contributed by atoms with Crippen molar-refractivity contribution in [3.05, 3.63) is 58.6 Å². The first-order valence-corrected chi connectivity index (χ1v) is 8.41. The molecule has 2 aromatic carbocycles. The van der Waals surface area contributed by atoms with E-state index in [2.05, 4.69) is 21.2 Å². The maximum absolute atomic E-state index is 12.3. The number of hydrogen-bond donors (Lipinski definition) is 1. The predicted molar refractivity (Wildman–Crippen MR) is 93.0 cm³/mol. The van der Waals surface area contributed by atoms with Gasteiger partial charge >= 0.3 is 0 Å². The SMILES string of the molecule is O=C(Nc1cccc(Br)c1)c1cccc(OCC2CCCO2)c1. The van der Waals surface area contributed by atoms with Crippen LogP contribution in [-0.2, 0) is 4.74 Å². The summed E-state index contributed by atoms with van der Waals surface area (Å²) in [6.45, 7) is 1.33. The van der Waals surface area contributed by atoms with Crippen LogP contribution in [0.3, 0.4) is 0 Å². The summed E-state index contributed by atoms with van der Waals surface area (Å²) < 4.78 is 12.2. The van der Waals surface area contributed by atoms with E-state index in [9.17, 15) is 4.79 Å². The van der Waals surface area contributed by atoms with E-state index in [1.165, 1.54) is 0 Å². The molecule has 1 aliphatic rings. The minimum atomic E-state index is -0.161. The van der Waals surface area contributed by atoms with E-state index in [-0.39, 0.29) is 12.0 Å². The van der Waals surface area contributed by atoms with Gasteiger partial charge in [0.25, 0.3) is 5.91 Å². The first-order valence-electron chi connectivity index (χ1n) is 7.62. The third-order valence-electron chi connectivity index (χ3n) is 3.64. The normalized spacial score (nSPS) is 17.0. The minimum absolute atomic E-state index is 0.161. The lowest BCUT2D eigenvalue weighted by Crippen LogP contribution is -2.17. The van der Waals surface area contributed by atoms with Crippen LogP contribution in [0.2, 0.25) is 0 Å². The molecule has 5 heteroatoms. The van der Waals surface area contributed by atoms with E-state index in [1.807, 2.05) is 36.4 Å². The zero-order chi connectivity index (χ0) is 16.1. The third-order valence-corrected chi connectivity index (χ3v) is 4.13. The Morgan fingerprint density at radius 2 is 2.13 bits per heavy atom. The van der Waals surface area contributed by atoms with Crippen LogP contribution in [0.4, 0.5) is 5.69 Å². The average molecular weight is 376 g/mol. The molecule has 1 N–H and O–H groups in total. The molecule has 1 atom stereocenters. The highest BCUT2D eigenvalue weighted by Crippen LogP contribution is 2.19. The second-order valence-corrected chi connectivity index (χ2v) is 6.35. The van der Waals surface area contributed by atoms with Crippen molar-refractivity contribution in [1.29, 1.82) is 0 Å². The number of carbonyl (C=O) groups excluding carboxylic acids is 1. The highest BCUT2D eigenvalue weighted by molar-refractivity contribution is 9.10. The number of halogens is 1. The van der Waals surface area contributed by atoms with Gasteiger partial charge < -0.3 is 14.8 Å². The molecule has 0 bridgehead atoms. The van der Waals surface area contributed by atoms with Crippen LogP contribution >= 0.6 is 15.9 Å². The van der Waals surface area contributed by atoms with Gasteiger partial charge in [-0.25, -0.2) is 0 Å². The molecular formula is C18H18BrNO3. The lowest BCUT2D eigenvalue weighted by molar-refractivity contribution is 0.0679. The smallest absolute Gasteiger partial charge is 0.255 e. The summed E-state index contributed by atoms with van der Waals surface area (Å²) in [5.41, 5.74) is 1.31. The summed E-state index contributed by atoms with van der Waals surface area (Å²) in [5.74, 6) is 0.521. The molecule has 1 saturated heterocycles. The maximum atomic E-state index is 12.3. The number of rotatable bonds is 5. The maximum Gasteiger partial charge on any atom is 0.255 e. The Morgan fingerprint density at radius 3 is 2.91 bits per heavy atom. The Labute approximate surface area is 143 Å². The molecule has 120 valence electrons. The van der Waals surface area contributed by atoms with Gasteiger partial charge in [-0.1, -0.05) is 28.1 Å². The van der Waals surface area contributed by atoms with Crippen molar-refractivity contribution in [3.63, 3.8) is 0 Å². The van der Waals surface area contributed by atoms with Crippen molar-refractivity contribution in [1.82, 2.24) is 0 Å². The first-order chi connectivity index (χ1) is 11.2. The van der Waals surface area contributed by atoms with Gasteiger partial charge in [-0.3, -0.25) is 4.79 Å². The second kappa shape index (κ2) is 7.62. The number of ether oxygens (including phenoxy) is 2. The standard InChI is InChI=1S/C18H18BrNO3/c19-14-5-2-6-15(11-14)20-18(21)13-4-1-7-16(10-13)23-12-17-8-3-9-22-17/h1-2,4-7,10-11,17H,3,8-9,12H2,(H,20,21). The fourth-order valence-electron chi connectivity index (χ4n) is 2.46. The number of carbonyl (C=O) groups is 1. The second-order valence-electron chi connectivity index (χ2n) is 5.44. The first kappa shape index (κ1) is 16.0. The summed E-state index contributed by atoms with van der Waals surface area (Å²) in [6.07, 6.45) is 2.28. The molecule has 23 heavy (non-hydrogen) atoms. The Balaban J connectivity index is 1.62. The van der Waals surface area contributed by atoms with Crippen molar-refractivity contribution in [3.8, 4) is 5.75 Å². The van der Waals surface area contributed by atoms with E-state index in [4.69, 9.17) is 9.47 Å². The molecule has 4 nitrogen and oxygen atoms in total. The number of hydrogen-bond acceptors (Lipinski definition) is 3. The Hall–Kier alpha value is -1.85. The highest BCUT2D eigenvalue weighted by atomic mass is 79.9. The van der Waals surface area contributed by atoms with E-state index in [0.29, 0.717) is 17.9 Å². The molecule has 0 spiro atoms. The van der Waals surface area contributed by atoms with Crippen molar-refractivity contribution in [2.24, 2.45) is 0 Å². The summed E-state index contributed by atoms with van der Waals surface area (Å²) in [6, 6.07) is 14.7. The molecule has 0 saturated carbocycles. The Bertz CT molecular complexity index is 683. The molecule has 3 rings (SSSR count). The predicted octanol–water partition coefficient (Wildman–Crippen LogP) is 4.26. The molecule has 1 unspecified atom stereocenters. The van der Waals surface area contributed by atoms with Gasteiger partial charge in [-0.05, 0) is 49.2 Å². The van der Waals surface area contributed by atoms with Gasteiger partial charge in [0.1, 0.15) is 12.4 Å². The van der Waals surface area contributed by atoms with E-state index in [0.717, 1.165) is 29.6 Å². The average Bonchev–Trinajstić information content (AvgIpc) is 3.07. The third kappa shape index (κ3) is 4.56. The molecule has 0 aliphatic carbocycles. The van der Waals surface area contributed by atoms with Gasteiger partial charge in [0.2, 0.25) is 0 Å². The van der Waals surface area contributed by atoms with Crippen molar-refractivity contribution >= 4 is 27.5 Å². The molecule has 1 amide bonds. The molecule has 0 radical (unpaired) electrons. The fourth-order valence-corrected chi connectivity index (χ4v) is 2.86.